The smallest absolute Gasteiger partial charge is 0.252 e. The maximum absolute atomic E-state index is 13.2. The SMILES string of the molecule is Cc1nn(C)c2nc(-c3cccs3)cc(C(=O)NC3CC4CCC3C4)c12. The van der Waals surface area contributed by atoms with Crippen molar-refractivity contribution in [3.63, 3.8) is 0 Å². The second-order valence-corrected chi connectivity index (χ2v) is 8.64. The van der Waals surface area contributed by atoms with E-state index in [4.69, 9.17) is 4.98 Å². The molecule has 6 heteroatoms. The standard InChI is InChI=1S/C20H22N4OS/c1-11-18-14(20(25)22-15-9-12-5-6-13(15)8-12)10-16(17-4-3-7-26-17)21-19(18)24(2)23-11/h3-4,7,10,12-13,15H,5-6,8-9H2,1-2H3,(H,22,25). The summed E-state index contributed by atoms with van der Waals surface area (Å²) in [5, 5.41) is 10.7. The maximum Gasteiger partial charge on any atom is 0.252 e. The van der Waals surface area contributed by atoms with Crippen molar-refractivity contribution in [1.82, 2.24) is 20.1 Å². The average Bonchev–Trinajstić information content (AvgIpc) is 3.40. The van der Waals surface area contributed by atoms with Gasteiger partial charge in [0, 0.05) is 13.1 Å². The van der Waals surface area contributed by atoms with Crippen molar-refractivity contribution in [1.29, 1.82) is 0 Å². The summed E-state index contributed by atoms with van der Waals surface area (Å²) >= 11 is 1.64. The number of hydrogen-bond acceptors (Lipinski definition) is 4. The molecule has 134 valence electrons. The number of fused-ring (bicyclic) bond motifs is 3. The van der Waals surface area contributed by atoms with E-state index in [0.29, 0.717) is 17.5 Å². The average molecular weight is 366 g/mol. The van der Waals surface area contributed by atoms with Gasteiger partial charge in [-0.15, -0.1) is 11.3 Å². The predicted octanol–water partition coefficient (Wildman–Crippen LogP) is 3.92. The third kappa shape index (κ3) is 2.47. The van der Waals surface area contributed by atoms with Crippen molar-refractivity contribution in [2.45, 2.75) is 38.6 Å². The molecule has 0 aromatic carbocycles. The maximum atomic E-state index is 13.2. The molecule has 0 spiro atoms. The Hall–Kier alpha value is -2.21. The van der Waals surface area contributed by atoms with Gasteiger partial charge in [-0.2, -0.15) is 5.10 Å². The van der Waals surface area contributed by atoms with Crippen LogP contribution in [0.15, 0.2) is 23.6 Å². The highest BCUT2D eigenvalue weighted by atomic mass is 32.1. The van der Waals surface area contributed by atoms with Gasteiger partial charge in [0.05, 0.1) is 27.2 Å². The number of nitrogens with one attached hydrogen (secondary N) is 1. The normalized spacial score (nSPS) is 24.5. The molecule has 26 heavy (non-hydrogen) atoms. The Bertz CT molecular complexity index is 991. The molecule has 5 rings (SSSR count). The van der Waals surface area contributed by atoms with E-state index in [1.807, 2.05) is 37.6 Å². The summed E-state index contributed by atoms with van der Waals surface area (Å²) in [5.41, 5.74) is 3.16. The summed E-state index contributed by atoms with van der Waals surface area (Å²) in [6.45, 7) is 1.95. The summed E-state index contributed by atoms with van der Waals surface area (Å²) in [6, 6.07) is 6.31. The Labute approximate surface area is 156 Å². The third-order valence-corrected chi connectivity index (χ3v) is 6.93. The second-order valence-electron chi connectivity index (χ2n) is 7.69. The number of nitrogens with zero attached hydrogens (tertiary/aromatic N) is 3. The lowest BCUT2D eigenvalue weighted by molar-refractivity contribution is 0.0924. The fourth-order valence-corrected chi connectivity index (χ4v) is 5.53. The van der Waals surface area contributed by atoms with Crippen LogP contribution in [0.4, 0.5) is 0 Å². The van der Waals surface area contributed by atoms with E-state index in [1.54, 1.807) is 16.0 Å². The first-order chi connectivity index (χ1) is 12.6. The highest BCUT2D eigenvalue weighted by Gasteiger charge is 2.40. The zero-order valence-electron chi connectivity index (χ0n) is 15.0. The van der Waals surface area contributed by atoms with E-state index in [1.165, 1.54) is 19.3 Å². The van der Waals surface area contributed by atoms with Crippen LogP contribution < -0.4 is 5.32 Å². The van der Waals surface area contributed by atoms with E-state index >= 15 is 0 Å². The Morgan fingerprint density at radius 1 is 1.35 bits per heavy atom. The first-order valence-electron chi connectivity index (χ1n) is 9.29. The second kappa shape index (κ2) is 5.91. The van der Waals surface area contributed by atoms with Crippen LogP contribution in [-0.4, -0.2) is 26.7 Å². The number of rotatable bonds is 3. The van der Waals surface area contributed by atoms with Crippen molar-refractivity contribution >= 4 is 28.3 Å². The van der Waals surface area contributed by atoms with Crippen molar-refractivity contribution in [3.05, 3.63) is 34.8 Å². The molecule has 0 saturated heterocycles. The van der Waals surface area contributed by atoms with E-state index in [2.05, 4.69) is 10.4 Å². The fourth-order valence-electron chi connectivity index (χ4n) is 4.84. The van der Waals surface area contributed by atoms with Crippen LogP contribution in [0.25, 0.3) is 21.6 Å². The van der Waals surface area contributed by atoms with Crippen LogP contribution in [0.2, 0.25) is 0 Å². The molecule has 3 atom stereocenters. The van der Waals surface area contributed by atoms with Crippen LogP contribution in [-0.2, 0) is 7.05 Å². The number of amides is 1. The van der Waals surface area contributed by atoms with Gasteiger partial charge in [-0.05, 0) is 55.5 Å². The molecule has 2 aliphatic rings. The quantitative estimate of drug-likeness (QED) is 0.764. The molecule has 3 heterocycles. The zero-order valence-corrected chi connectivity index (χ0v) is 15.8. The molecule has 1 N–H and O–H groups in total. The molecule has 1 amide bonds. The lowest BCUT2D eigenvalue weighted by Crippen LogP contribution is -2.38. The van der Waals surface area contributed by atoms with Gasteiger partial charge >= 0.3 is 0 Å². The lowest BCUT2D eigenvalue weighted by Gasteiger charge is -2.23. The molecule has 3 aromatic rings. The minimum Gasteiger partial charge on any atom is -0.349 e. The minimum atomic E-state index is 0.0175. The van der Waals surface area contributed by atoms with Crippen LogP contribution in [0.5, 0.6) is 0 Å². The van der Waals surface area contributed by atoms with E-state index in [0.717, 1.165) is 39.6 Å². The topological polar surface area (TPSA) is 59.8 Å². The van der Waals surface area contributed by atoms with Crippen LogP contribution >= 0.6 is 11.3 Å². The summed E-state index contributed by atoms with van der Waals surface area (Å²) in [4.78, 5) is 19.1. The van der Waals surface area contributed by atoms with Crippen LogP contribution in [0.3, 0.4) is 0 Å². The summed E-state index contributed by atoms with van der Waals surface area (Å²) in [7, 11) is 1.89. The van der Waals surface area contributed by atoms with Crippen LogP contribution in [0, 0.1) is 18.8 Å². The Kier molecular flexibility index (Phi) is 3.64. The van der Waals surface area contributed by atoms with Gasteiger partial charge in [0.25, 0.3) is 5.91 Å². The summed E-state index contributed by atoms with van der Waals surface area (Å²) in [6.07, 6.45) is 5.01. The summed E-state index contributed by atoms with van der Waals surface area (Å²) in [5.74, 6) is 1.49. The predicted molar refractivity (Wildman–Crippen MR) is 103 cm³/mol. The highest BCUT2D eigenvalue weighted by Crippen LogP contribution is 2.44. The number of aryl methyl sites for hydroxylation is 2. The molecule has 5 nitrogen and oxygen atoms in total. The number of hydrogen-bond donors (Lipinski definition) is 1. The zero-order chi connectivity index (χ0) is 17.8. The molecule has 2 aliphatic carbocycles. The molecule has 3 aromatic heterocycles. The van der Waals surface area contributed by atoms with Crippen LogP contribution in [0.1, 0.15) is 41.7 Å². The van der Waals surface area contributed by atoms with E-state index < -0.39 is 0 Å². The Morgan fingerprint density at radius 2 is 2.23 bits per heavy atom. The number of carbonyl (C=O) groups is 1. The first-order valence-corrected chi connectivity index (χ1v) is 10.2. The monoisotopic (exact) mass is 366 g/mol. The van der Waals surface area contributed by atoms with E-state index in [-0.39, 0.29) is 5.91 Å². The number of pyridine rings is 1. The van der Waals surface area contributed by atoms with Gasteiger partial charge in [0.15, 0.2) is 5.65 Å². The number of carbonyl (C=O) groups excluding carboxylic acids is 1. The van der Waals surface area contributed by atoms with Crippen molar-refractivity contribution in [2.24, 2.45) is 18.9 Å². The molecule has 0 radical (unpaired) electrons. The Morgan fingerprint density at radius 3 is 2.92 bits per heavy atom. The molecule has 2 fully saturated rings. The largest absolute Gasteiger partial charge is 0.349 e. The van der Waals surface area contributed by atoms with Gasteiger partial charge in [-0.3, -0.25) is 9.48 Å². The Balaban J connectivity index is 1.57. The molecular weight excluding hydrogens is 344 g/mol. The highest BCUT2D eigenvalue weighted by molar-refractivity contribution is 7.13. The minimum absolute atomic E-state index is 0.0175. The van der Waals surface area contributed by atoms with E-state index in [9.17, 15) is 4.79 Å². The summed E-state index contributed by atoms with van der Waals surface area (Å²) < 4.78 is 1.77. The fraction of sp³-hybridized carbons (Fsp3) is 0.450. The lowest BCUT2D eigenvalue weighted by atomic mass is 9.95. The molecule has 0 aliphatic heterocycles. The van der Waals surface area contributed by atoms with Gasteiger partial charge < -0.3 is 5.32 Å². The molecule has 2 saturated carbocycles. The van der Waals surface area contributed by atoms with Crippen molar-refractivity contribution in [3.8, 4) is 10.6 Å². The first kappa shape index (κ1) is 16.0. The van der Waals surface area contributed by atoms with Gasteiger partial charge in [0.1, 0.15) is 0 Å². The molecular formula is C20H22N4OS. The number of thiophene rings is 1. The number of aromatic nitrogens is 3. The van der Waals surface area contributed by atoms with Gasteiger partial charge in [-0.25, -0.2) is 4.98 Å². The molecule has 2 bridgehead atoms. The van der Waals surface area contributed by atoms with Crippen molar-refractivity contribution < 1.29 is 4.79 Å². The molecule has 3 unspecified atom stereocenters. The third-order valence-electron chi connectivity index (χ3n) is 6.04. The van der Waals surface area contributed by atoms with Crippen molar-refractivity contribution in [2.75, 3.05) is 0 Å². The van der Waals surface area contributed by atoms with Gasteiger partial charge in [0.2, 0.25) is 0 Å². The van der Waals surface area contributed by atoms with Gasteiger partial charge in [-0.1, -0.05) is 12.5 Å².